The maximum Gasteiger partial charge on any atom is 0.230 e. The first kappa shape index (κ1) is 16.9. The molecule has 4 rings (SSSR count). The van der Waals surface area contributed by atoms with Gasteiger partial charge in [-0.15, -0.1) is 0 Å². The van der Waals surface area contributed by atoms with Gasteiger partial charge >= 0.3 is 0 Å². The van der Waals surface area contributed by atoms with Crippen molar-refractivity contribution in [3.05, 3.63) is 96.3 Å². The van der Waals surface area contributed by atoms with Gasteiger partial charge in [-0.2, -0.15) is 0 Å². The number of amides is 1. The third-order valence-corrected chi connectivity index (χ3v) is 4.81. The summed E-state index contributed by atoms with van der Waals surface area (Å²) in [6.07, 6.45) is 1.97. The van der Waals surface area contributed by atoms with Crippen LogP contribution in [0.5, 0.6) is 5.75 Å². The van der Waals surface area contributed by atoms with Gasteiger partial charge < -0.3 is 14.9 Å². The lowest BCUT2D eigenvalue weighted by atomic mass is 9.90. The summed E-state index contributed by atoms with van der Waals surface area (Å²) < 4.78 is 7.29. The Balaban J connectivity index is 1.97. The summed E-state index contributed by atoms with van der Waals surface area (Å²) in [5, 5.41) is 0. The molecule has 0 aliphatic rings. The first-order valence-electron chi connectivity index (χ1n) is 8.77. The lowest BCUT2D eigenvalue weighted by Crippen LogP contribution is -2.24. The fraction of sp³-hybridized carbons (Fsp3) is 0.0870. The molecule has 0 saturated carbocycles. The van der Waals surface area contributed by atoms with Gasteiger partial charge in [-0.25, -0.2) is 0 Å². The number of methoxy groups -OCH3 is 1. The van der Waals surface area contributed by atoms with Crippen molar-refractivity contribution in [1.82, 2.24) is 4.40 Å². The van der Waals surface area contributed by atoms with E-state index in [0.29, 0.717) is 0 Å². The van der Waals surface area contributed by atoms with Gasteiger partial charge in [0, 0.05) is 23.0 Å². The number of ether oxygens (including phenoxy) is 1. The number of fused-ring (bicyclic) bond motifs is 1. The summed E-state index contributed by atoms with van der Waals surface area (Å²) >= 11 is 0. The number of pyridine rings is 1. The van der Waals surface area contributed by atoms with Crippen molar-refractivity contribution in [3.63, 3.8) is 0 Å². The van der Waals surface area contributed by atoms with E-state index >= 15 is 0 Å². The van der Waals surface area contributed by atoms with Crippen LogP contribution in [-0.4, -0.2) is 17.4 Å². The lowest BCUT2D eigenvalue weighted by Gasteiger charge is -2.17. The van der Waals surface area contributed by atoms with Crippen LogP contribution >= 0.6 is 0 Å². The molecule has 1 atom stereocenters. The van der Waals surface area contributed by atoms with E-state index in [1.54, 1.807) is 7.11 Å². The number of nitrogens with two attached hydrogens (primary N) is 1. The van der Waals surface area contributed by atoms with Crippen LogP contribution in [0.4, 0.5) is 0 Å². The zero-order valence-electron chi connectivity index (χ0n) is 15.0. The second-order valence-electron chi connectivity index (χ2n) is 6.41. The molecular weight excluding hydrogens is 336 g/mol. The van der Waals surface area contributed by atoms with E-state index in [1.807, 2.05) is 83.4 Å². The fourth-order valence-electron chi connectivity index (χ4n) is 3.54. The average molecular weight is 356 g/mol. The van der Waals surface area contributed by atoms with Crippen LogP contribution in [0.15, 0.2) is 85.1 Å². The van der Waals surface area contributed by atoms with Gasteiger partial charge in [0.15, 0.2) is 0 Å². The smallest absolute Gasteiger partial charge is 0.230 e. The molecule has 4 heteroatoms. The van der Waals surface area contributed by atoms with E-state index in [1.165, 1.54) is 0 Å². The van der Waals surface area contributed by atoms with Crippen molar-refractivity contribution < 1.29 is 9.53 Å². The number of carbonyl (C=O) groups is 1. The normalized spacial score (nSPS) is 12.0. The van der Waals surface area contributed by atoms with Gasteiger partial charge in [-0.05, 0) is 41.5 Å². The molecule has 0 fully saturated rings. The van der Waals surface area contributed by atoms with Crippen molar-refractivity contribution in [2.75, 3.05) is 7.11 Å². The Morgan fingerprint density at radius 1 is 0.963 bits per heavy atom. The molecule has 0 aliphatic heterocycles. The minimum atomic E-state index is -0.573. The monoisotopic (exact) mass is 356 g/mol. The Bertz CT molecular complexity index is 1080. The van der Waals surface area contributed by atoms with Gasteiger partial charge in [0.25, 0.3) is 0 Å². The molecule has 0 aliphatic carbocycles. The molecule has 27 heavy (non-hydrogen) atoms. The number of primary amides is 1. The van der Waals surface area contributed by atoms with E-state index in [-0.39, 0.29) is 5.91 Å². The summed E-state index contributed by atoms with van der Waals surface area (Å²) in [4.78, 5) is 12.6. The van der Waals surface area contributed by atoms with Gasteiger partial charge in [-0.1, -0.05) is 48.5 Å². The van der Waals surface area contributed by atoms with Crippen LogP contribution in [0.1, 0.15) is 17.2 Å². The Morgan fingerprint density at radius 3 is 2.33 bits per heavy atom. The van der Waals surface area contributed by atoms with Gasteiger partial charge in [0.1, 0.15) is 11.7 Å². The second kappa shape index (κ2) is 7.00. The standard InChI is InChI=1S/C23H20N2O2/c1-27-19-12-10-17(11-13-19)21(23(24)26)22-20(16-7-3-2-4-8-16)15-18-9-5-6-14-25(18)22/h2-15,21H,1H3,(H2,24,26). The van der Waals surface area contributed by atoms with E-state index in [4.69, 9.17) is 10.5 Å². The van der Waals surface area contributed by atoms with Crippen LogP contribution in [-0.2, 0) is 4.79 Å². The molecular formula is C23H20N2O2. The van der Waals surface area contributed by atoms with Gasteiger partial charge in [0.2, 0.25) is 5.91 Å². The van der Waals surface area contributed by atoms with Crippen molar-refractivity contribution in [2.24, 2.45) is 5.73 Å². The maximum absolute atomic E-state index is 12.6. The Labute approximate surface area is 157 Å². The Kier molecular flexibility index (Phi) is 4.38. The average Bonchev–Trinajstić information content (AvgIpc) is 3.08. The van der Waals surface area contributed by atoms with E-state index in [2.05, 4.69) is 6.07 Å². The number of nitrogens with zero attached hydrogens (tertiary/aromatic N) is 1. The first-order valence-corrected chi connectivity index (χ1v) is 8.77. The SMILES string of the molecule is COc1ccc(C(C(N)=O)c2c(-c3ccccc3)cc3ccccn23)cc1. The van der Waals surface area contributed by atoms with Crippen molar-refractivity contribution >= 4 is 11.4 Å². The molecule has 0 bridgehead atoms. The highest BCUT2D eigenvalue weighted by Gasteiger charge is 2.27. The summed E-state index contributed by atoms with van der Waals surface area (Å²) in [6.45, 7) is 0. The number of carbonyl (C=O) groups excluding carboxylic acids is 1. The predicted molar refractivity (Wildman–Crippen MR) is 107 cm³/mol. The summed E-state index contributed by atoms with van der Waals surface area (Å²) in [5.74, 6) is -0.220. The Hall–Kier alpha value is -3.53. The van der Waals surface area contributed by atoms with Crippen LogP contribution in [0.2, 0.25) is 0 Å². The largest absolute Gasteiger partial charge is 0.497 e. The van der Waals surface area contributed by atoms with Crippen molar-refractivity contribution in [3.8, 4) is 16.9 Å². The van der Waals surface area contributed by atoms with E-state index in [9.17, 15) is 4.79 Å². The van der Waals surface area contributed by atoms with Crippen LogP contribution in [0, 0.1) is 0 Å². The molecule has 0 saturated heterocycles. The molecule has 0 radical (unpaired) electrons. The number of rotatable bonds is 5. The predicted octanol–water partition coefficient (Wildman–Crippen LogP) is 4.23. The first-order chi connectivity index (χ1) is 13.2. The molecule has 4 aromatic rings. The quantitative estimate of drug-likeness (QED) is 0.582. The highest BCUT2D eigenvalue weighted by atomic mass is 16.5. The highest BCUT2D eigenvalue weighted by molar-refractivity contribution is 5.89. The van der Waals surface area contributed by atoms with Crippen molar-refractivity contribution in [2.45, 2.75) is 5.92 Å². The molecule has 2 heterocycles. The zero-order valence-corrected chi connectivity index (χ0v) is 15.0. The molecule has 2 N–H and O–H groups in total. The number of hydrogen-bond acceptors (Lipinski definition) is 2. The van der Waals surface area contributed by atoms with Crippen LogP contribution in [0.3, 0.4) is 0 Å². The molecule has 2 aromatic carbocycles. The fourth-order valence-corrected chi connectivity index (χ4v) is 3.54. The van der Waals surface area contributed by atoms with E-state index < -0.39 is 5.92 Å². The zero-order chi connectivity index (χ0) is 18.8. The van der Waals surface area contributed by atoms with Gasteiger partial charge in [0.05, 0.1) is 7.11 Å². The molecule has 134 valence electrons. The molecule has 2 aromatic heterocycles. The molecule has 0 spiro atoms. The molecule has 4 nitrogen and oxygen atoms in total. The number of hydrogen-bond donors (Lipinski definition) is 1. The van der Waals surface area contributed by atoms with Crippen LogP contribution < -0.4 is 10.5 Å². The summed E-state index contributed by atoms with van der Waals surface area (Å²) in [7, 11) is 1.62. The number of aromatic nitrogens is 1. The van der Waals surface area contributed by atoms with Crippen molar-refractivity contribution in [1.29, 1.82) is 0 Å². The molecule has 1 amide bonds. The van der Waals surface area contributed by atoms with Gasteiger partial charge in [-0.3, -0.25) is 4.79 Å². The topological polar surface area (TPSA) is 56.7 Å². The van der Waals surface area contributed by atoms with Crippen LogP contribution in [0.25, 0.3) is 16.6 Å². The summed E-state index contributed by atoms with van der Waals surface area (Å²) in [6, 6.07) is 25.6. The molecule has 1 unspecified atom stereocenters. The summed E-state index contributed by atoms with van der Waals surface area (Å²) in [5.41, 5.74) is 10.7. The maximum atomic E-state index is 12.6. The second-order valence-corrected chi connectivity index (χ2v) is 6.41. The Morgan fingerprint density at radius 2 is 1.67 bits per heavy atom. The third kappa shape index (κ3) is 3.06. The lowest BCUT2D eigenvalue weighted by molar-refractivity contribution is -0.118. The minimum absolute atomic E-state index is 0.388. The highest BCUT2D eigenvalue weighted by Crippen LogP contribution is 2.36. The number of benzene rings is 2. The third-order valence-electron chi connectivity index (χ3n) is 4.81. The van der Waals surface area contributed by atoms with E-state index in [0.717, 1.165) is 33.7 Å². The minimum Gasteiger partial charge on any atom is -0.497 e.